The van der Waals surface area contributed by atoms with Crippen molar-refractivity contribution in [2.45, 2.75) is 94.9 Å². The summed E-state index contributed by atoms with van der Waals surface area (Å²) in [7, 11) is 0. The quantitative estimate of drug-likeness (QED) is 0.741. The molecule has 0 aromatic heterocycles. The first-order chi connectivity index (χ1) is 12.9. The number of nitrogens with zero attached hydrogens (tertiary/aromatic N) is 2. The van der Waals surface area contributed by atoms with E-state index in [1.165, 1.54) is 6.92 Å². The van der Waals surface area contributed by atoms with Gasteiger partial charge in [-0.25, -0.2) is 0 Å². The fourth-order valence-electron chi connectivity index (χ4n) is 4.72. The van der Waals surface area contributed by atoms with Gasteiger partial charge >= 0.3 is 0 Å². The Bertz CT molecular complexity index is 608. The molecule has 1 aliphatic heterocycles. The van der Waals surface area contributed by atoms with Crippen LogP contribution >= 0.6 is 0 Å². The van der Waals surface area contributed by atoms with Crippen molar-refractivity contribution >= 4 is 17.7 Å². The van der Waals surface area contributed by atoms with Gasteiger partial charge < -0.3 is 20.9 Å². The first kappa shape index (κ1) is 18.7. The normalized spacial score (nSPS) is 33.6. The lowest BCUT2D eigenvalue weighted by Crippen LogP contribution is -2.49. The number of nitrogens with one attached hydrogen (secondary N) is 1. The smallest absolute Gasteiger partial charge is 0.243 e. The topological polar surface area (TPSA) is 95.7 Å². The van der Waals surface area contributed by atoms with Crippen molar-refractivity contribution in [1.82, 2.24) is 15.1 Å². The van der Waals surface area contributed by atoms with E-state index in [9.17, 15) is 14.4 Å². The summed E-state index contributed by atoms with van der Waals surface area (Å²) >= 11 is 0. The van der Waals surface area contributed by atoms with Gasteiger partial charge in [-0.2, -0.15) is 0 Å². The average molecular weight is 377 g/mol. The highest BCUT2D eigenvalue weighted by molar-refractivity contribution is 5.88. The summed E-state index contributed by atoms with van der Waals surface area (Å²) < 4.78 is 0. The van der Waals surface area contributed by atoms with E-state index in [1.807, 2.05) is 4.90 Å². The van der Waals surface area contributed by atoms with Gasteiger partial charge in [0.1, 0.15) is 6.04 Å². The largest absolute Gasteiger partial charge is 0.352 e. The third-order valence-electron chi connectivity index (χ3n) is 6.62. The summed E-state index contributed by atoms with van der Waals surface area (Å²) in [5.74, 6) is 0.268. The van der Waals surface area contributed by atoms with E-state index in [-0.39, 0.29) is 41.8 Å². The zero-order valence-electron chi connectivity index (χ0n) is 16.2. The predicted octanol–water partition coefficient (Wildman–Crippen LogP) is 0.763. The second kappa shape index (κ2) is 7.41. The molecule has 0 bridgehead atoms. The van der Waals surface area contributed by atoms with Crippen LogP contribution in [0.5, 0.6) is 0 Å². The van der Waals surface area contributed by atoms with Crippen molar-refractivity contribution in [2.24, 2.45) is 11.7 Å². The Morgan fingerprint density at radius 1 is 0.963 bits per heavy atom. The minimum absolute atomic E-state index is 0.0231. The Balaban J connectivity index is 1.42. The molecule has 0 aromatic carbocycles. The lowest BCUT2D eigenvalue weighted by atomic mass is 9.91. The van der Waals surface area contributed by atoms with Crippen molar-refractivity contribution in [3.63, 3.8) is 0 Å². The van der Waals surface area contributed by atoms with Crippen LogP contribution in [0.2, 0.25) is 0 Å². The lowest BCUT2D eigenvalue weighted by Gasteiger charge is -2.29. The van der Waals surface area contributed by atoms with Gasteiger partial charge in [-0.1, -0.05) is 0 Å². The number of rotatable bonds is 5. The molecule has 0 spiro atoms. The number of hydrogen-bond donors (Lipinski definition) is 2. The van der Waals surface area contributed by atoms with E-state index in [4.69, 9.17) is 5.73 Å². The number of carbonyl (C=O) groups excluding carboxylic acids is 3. The van der Waals surface area contributed by atoms with Crippen molar-refractivity contribution in [1.29, 1.82) is 0 Å². The van der Waals surface area contributed by atoms with Gasteiger partial charge in [0.25, 0.3) is 0 Å². The summed E-state index contributed by atoms with van der Waals surface area (Å²) in [6, 6.07) is 0.223. The molecule has 4 aliphatic rings. The minimum Gasteiger partial charge on any atom is -0.352 e. The number of likely N-dealkylation sites (tertiary alicyclic amines) is 1. The van der Waals surface area contributed by atoms with Crippen molar-refractivity contribution < 1.29 is 14.4 Å². The summed E-state index contributed by atoms with van der Waals surface area (Å²) in [6.07, 6.45) is 8.29. The maximum absolute atomic E-state index is 12.9. The summed E-state index contributed by atoms with van der Waals surface area (Å²) in [6.45, 7) is 2.00. The highest BCUT2D eigenvalue weighted by Crippen LogP contribution is 2.39. The number of carbonyl (C=O) groups is 3. The first-order valence-corrected chi connectivity index (χ1v) is 10.6. The van der Waals surface area contributed by atoms with Crippen LogP contribution in [-0.2, 0) is 14.4 Å². The highest BCUT2D eigenvalue weighted by atomic mass is 16.2. The zero-order chi connectivity index (χ0) is 19.1. The van der Waals surface area contributed by atoms with Crippen molar-refractivity contribution in [2.75, 3.05) is 6.54 Å². The molecule has 1 heterocycles. The van der Waals surface area contributed by atoms with Crippen LogP contribution in [0.3, 0.4) is 0 Å². The first-order valence-electron chi connectivity index (χ1n) is 10.6. The SMILES string of the molecule is CC(=O)N1CC(N(C(=O)C2CC2)C2CC2)CC1C(=O)NC1CCC(N)CC1. The molecule has 1 saturated heterocycles. The van der Waals surface area contributed by atoms with Crippen LogP contribution in [0.4, 0.5) is 0 Å². The molecule has 3 N–H and O–H groups in total. The maximum Gasteiger partial charge on any atom is 0.243 e. The molecule has 3 amide bonds. The van der Waals surface area contributed by atoms with Gasteiger partial charge in [0, 0.05) is 37.5 Å². The molecule has 2 unspecified atom stereocenters. The van der Waals surface area contributed by atoms with Gasteiger partial charge in [0.15, 0.2) is 0 Å². The molecule has 0 aromatic rings. The number of nitrogens with two attached hydrogens (primary N) is 1. The molecule has 0 radical (unpaired) electrons. The second-order valence-corrected chi connectivity index (χ2v) is 8.95. The van der Waals surface area contributed by atoms with E-state index in [0.717, 1.165) is 51.4 Å². The Morgan fingerprint density at radius 2 is 1.63 bits per heavy atom. The third kappa shape index (κ3) is 4.13. The number of amides is 3. The predicted molar refractivity (Wildman–Crippen MR) is 101 cm³/mol. The third-order valence-corrected chi connectivity index (χ3v) is 6.62. The maximum atomic E-state index is 12.9. The van der Waals surface area contributed by atoms with Gasteiger partial charge in [0.2, 0.25) is 17.7 Å². The Morgan fingerprint density at radius 3 is 2.19 bits per heavy atom. The van der Waals surface area contributed by atoms with E-state index in [2.05, 4.69) is 5.32 Å². The molecule has 3 saturated carbocycles. The Hall–Kier alpha value is -1.63. The summed E-state index contributed by atoms with van der Waals surface area (Å²) in [5, 5.41) is 3.14. The molecule has 4 fully saturated rings. The van der Waals surface area contributed by atoms with Crippen molar-refractivity contribution in [3.05, 3.63) is 0 Å². The summed E-state index contributed by atoms with van der Waals surface area (Å²) in [5.41, 5.74) is 5.95. The van der Waals surface area contributed by atoms with E-state index >= 15 is 0 Å². The van der Waals surface area contributed by atoms with Crippen molar-refractivity contribution in [3.8, 4) is 0 Å². The molecular weight excluding hydrogens is 344 g/mol. The van der Waals surface area contributed by atoms with E-state index in [1.54, 1.807) is 4.90 Å². The Labute approximate surface area is 161 Å². The van der Waals surface area contributed by atoms with Crippen LogP contribution in [0.15, 0.2) is 0 Å². The van der Waals surface area contributed by atoms with E-state index < -0.39 is 6.04 Å². The fourth-order valence-corrected chi connectivity index (χ4v) is 4.72. The van der Waals surface area contributed by atoms with Gasteiger partial charge in [-0.15, -0.1) is 0 Å². The lowest BCUT2D eigenvalue weighted by molar-refractivity contribution is -0.137. The van der Waals surface area contributed by atoms with Crippen LogP contribution in [0, 0.1) is 5.92 Å². The second-order valence-electron chi connectivity index (χ2n) is 8.95. The molecule has 7 nitrogen and oxygen atoms in total. The standard InChI is InChI=1S/C20H32N4O3/c1-12(25)23-11-17(24(16-8-9-16)20(27)13-2-3-13)10-18(23)19(26)22-15-6-4-14(21)5-7-15/h13-18H,2-11,21H2,1H3,(H,22,26). The number of hydrogen-bond acceptors (Lipinski definition) is 4. The zero-order valence-corrected chi connectivity index (χ0v) is 16.2. The fraction of sp³-hybridized carbons (Fsp3) is 0.850. The minimum atomic E-state index is -0.462. The highest BCUT2D eigenvalue weighted by Gasteiger charge is 2.48. The van der Waals surface area contributed by atoms with Gasteiger partial charge in [-0.3, -0.25) is 14.4 Å². The Kier molecular flexibility index (Phi) is 5.14. The van der Waals surface area contributed by atoms with Crippen LogP contribution in [0.1, 0.15) is 64.7 Å². The van der Waals surface area contributed by atoms with Gasteiger partial charge in [0.05, 0.1) is 6.04 Å². The van der Waals surface area contributed by atoms with Crippen LogP contribution in [0.25, 0.3) is 0 Å². The molecule has 150 valence electrons. The molecule has 2 atom stereocenters. The van der Waals surface area contributed by atoms with Gasteiger partial charge in [-0.05, 0) is 57.8 Å². The molecular formula is C20H32N4O3. The summed E-state index contributed by atoms with van der Waals surface area (Å²) in [4.78, 5) is 41.6. The van der Waals surface area contributed by atoms with Crippen LogP contribution in [-0.4, -0.2) is 64.3 Å². The molecule has 7 heteroatoms. The molecule has 3 aliphatic carbocycles. The molecule has 27 heavy (non-hydrogen) atoms. The van der Waals surface area contributed by atoms with E-state index in [0.29, 0.717) is 19.0 Å². The molecule has 4 rings (SSSR count). The van der Waals surface area contributed by atoms with Crippen LogP contribution < -0.4 is 11.1 Å². The average Bonchev–Trinajstić information content (AvgIpc) is 3.54. The monoisotopic (exact) mass is 376 g/mol.